The number of hydrogen-bond donors (Lipinski definition) is 1. The first kappa shape index (κ1) is 16.8. The van der Waals surface area contributed by atoms with Gasteiger partial charge in [-0.1, -0.05) is 67.1 Å². The van der Waals surface area contributed by atoms with Crippen molar-refractivity contribution in [2.24, 2.45) is 0 Å². The van der Waals surface area contributed by atoms with Crippen LogP contribution >= 0.6 is 0 Å². The lowest BCUT2D eigenvalue weighted by Gasteiger charge is -2.32. The Bertz CT molecular complexity index is 611. The van der Waals surface area contributed by atoms with Gasteiger partial charge in [0.05, 0.1) is 12.7 Å². The fraction of sp³-hybridized carbons (Fsp3) is 0.455. The molecule has 3 nitrogen and oxygen atoms in total. The smallest absolute Gasteiger partial charge is 0.176 e. The summed E-state index contributed by atoms with van der Waals surface area (Å²) >= 11 is 0. The Morgan fingerprint density at radius 1 is 0.880 bits per heavy atom. The average molecular weight is 337 g/mol. The molecule has 2 aromatic rings. The minimum absolute atomic E-state index is 0.146. The van der Waals surface area contributed by atoms with Crippen LogP contribution in [0.5, 0.6) is 0 Å². The van der Waals surface area contributed by atoms with Gasteiger partial charge in [-0.15, -0.1) is 0 Å². The van der Waals surface area contributed by atoms with Gasteiger partial charge in [0.2, 0.25) is 0 Å². The summed E-state index contributed by atoms with van der Waals surface area (Å²) in [6.07, 6.45) is 5.44. The molecule has 2 aromatic carbocycles. The summed E-state index contributed by atoms with van der Waals surface area (Å²) in [5, 5.41) is 3.62. The Labute approximate surface area is 150 Å². The molecular weight excluding hydrogens is 310 g/mol. The molecule has 0 amide bonds. The van der Waals surface area contributed by atoms with E-state index in [1.54, 1.807) is 0 Å². The Hall–Kier alpha value is -1.68. The summed E-state index contributed by atoms with van der Waals surface area (Å²) < 4.78 is 13.0. The number of nitrogens with one attached hydrogen (secondary N) is 1. The minimum Gasteiger partial charge on any atom is -0.346 e. The van der Waals surface area contributed by atoms with E-state index in [9.17, 15) is 0 Å². The van der Waals surface area contributed by atoms with Crippen LogP contribution in [0.1, 0.15) is 30.4 Å². The van der Waals surface area contributed by atoms with Crippen molar-refractivity contribution >= 4 is 0 Å². The van der Waals surface area contributed by atoms with Gasteiger partial charge in [0.15, 0.2) is 5.79 Å². The number of benzene rings is 2. The Kier molecular flexibility index (Phi) is 5.16. The molecule has 2 unspecified atom stereocenters. The van der Waals surface area contributed by atoms with Crippen LogP contribution < -0.4 is 5.32 Å². The Balaban J connectivity index is 1.53. The molecular formula is C22H27NO2. The van der Waals surface area contributed by atoms with E-state index in [4.69, 9.17) is 9.47 Å². The van der Waals surface area contributed by atoms with Crippen LogP contribution in [0.4, 0.5) is 0 Å². The van der Waals surface area contributed by atoms with Crippen molar-refractivity contribution in [2.45, 2.75) is 50.0 Å². The largest absolute Gasteiger partial charge is 0.346 e. The van der Waals surface area contributed by atoms with E-state index in [0.29, 0.717) is 12.6 Å². The summed E-state index contributed by atoms with van der Waals surface area (Å²) in [5.74, 6) is -0.563. The van der Waals surface area contributed by atoms with Crippen LogP contribution in [-0.2, 0) is 22.3 Å². The topological polar surface area (TPSA) is 30.5 Å². The zero-order valence-electron chi connectivity index (χ0n) is 14.7. The average Bonchev–Trinajstić information content (AvgIpc) is 3.08. The van der Waals surface area contributed by atoms with E-state index >= 15 is 0 Å². The fourth-order valence-electron chi connectivity index (χ4n) is 4.03. The first-order valence-electron chi connectivity index (χ1n) is 9.46. The molecule has 2 heterocycles. The third kappa shape index (κ3) is 4.12. The maximum absolute atomic E-state index is 6.61. The molecule has 2 aliphatic rings. The molecule has 0 bridgehead atoms. The number of hydrogen-bond acceptors (Lipinski definition) is 3. The molecule has 3 heteroatoms. The summed E-state index contributed by atoms with van der Waals surface area (Å²) in [5.41, 5.74) is 2.52. The zero-order chi connectivity index (χ0) is 17.0. The zero-order valence-corrected chi connectivity index (χ0v) is 14.7. The molecule has 2 aliphatic heterocycles. The highest BCUT2D eigenvalue weighted by molar-refractivity contribution is 5.21. The van der Waals surface area contributed by atoms with E-state index in [-0.39, 0.29) is 6.10 Å². The second-order valence-corrected chi connectivity index (χ2v) is 7.26. The van der Waals surface area contributed by atoms with Gasteiger partial charge in [-0.2, -0.15) is 0 Å². The standard InChI is InChI=1S/C22H27NO2/c1-3-9-18(10-4-1)15-22(16-19-11-5-2-6-12-19)24-17-21(25-22)20-13-7-8-14-23-20/h1-6,9-12,20-21,23H,7-8,13-17H2. The third-order valence-corrected chi connectivity index (χ3v) is 5.31. The van der Waals surface area contributed by atoms with Crippen LogP contribution in [0.15, 0.2) is 60.7 Å². The van der Waals surface area contributed by atoms with Crippen LogP contribution in [0, 0.1) is 0 Å². The second kappa shape index (κ2) is 7.69. The molecule has 0 radical (unpaired) electrons. The van der Waals surface area contributed by atoms with E-state index in [1.165, 1.54) is 30.4 Å². The summed E-state index contributed by atoms with van der Waals surface area (Å²) in [6, 6.07) is 21.5. The molecule has 2 atom stereocenters. The summed E-state index contributed by atoms with van der Waals surface area (Å²) in [4.78, 5) is 0. The van der Waals surface area contributed by atoms with E-state index in [1.807, 2.05) is 0 Å². The SMILES string of the molecule is c1ccc(CC2(Cc3ccccc3)OCC(C3CCCCN3)O2)cc1. The van der Waals surface area contributed by atoms with Gasteiger partial charge in [0.1, 0.15) is 0 Å². The lowest BCUT2D eigenvalue weighted by atomic mass is 9.97. The normalized spacial score (nSPS) is 25.8. The first-order chi connectivity index (χ1) is 12.3. The Morgan fingerprint density at radius 3 is 2.08 bits per heavy atom. The predicted octanol–water partition coefficient (Wildman–Crippen LogP) is 3.73. The first-order valence-corrected chi connectivity index (χ1v) is 9.46. The minimum atomic E-state index is -0.563. The molecule has 0 saturated carbocycles. The van der Waals surface area contributed by atoms with Crippen molar-refractivity contribution in [1.82, 2.24) is 5.32 Å². The van der Waals surface area contributed by atoms with Crippen molar-refractivity contribution in [1.29, 1.82) is 0 Å². The van der Waals surface area contributed by atoms with Gasteiger partial charge in [0.25, 0.3) is 0 Å². The van der Waals surface area contributed by atoms with Gasteiger partial charge in [-0.3, -0.25) is 0 Å². The van der Waals surface area contributed by atoms with Gasteiger partial charge >= 0.3 is 0 Å². The number of rotatable bonds is 5. The van der Waals surface area contributed by atoms with Crippen molar-refractivity contribution in [3.63, 3.8) is 0 Å². The quantitative estimate of drug-likeness (QED) is 0.902. The third-order valence-electron chi connectivity index (χ3n) is 5.31. The summed E-state index contributed by atoms with van der Waals surface area (Å²) in [7, 11) is 0. The molecule has 0 spiro atoms. The van der Waals surface area contributed by atoms with Gasteiger partial charge < -0.3 is 14.8 Å². The van der Waals surface area contributed by atoms with E-state index in [2.05, 4.69) is 66.0 Å². The van der Waals surface area contributed by atoms with Crippen molar-refractivity contribution in [3.05, 3.63) is 71.8 Å². The molecule has 0 aromatic heterocycles. The summed E-state index contributed by atoms with van der Waals surface area (Å²) in [6.45, 7) is 1.77. The van der Waals surface area contributed by atoms with Gasteiger partial charge in [0, 0.05) is 18.9 Å². The van der Waals surface area contributed by atoms with Crippen LogP contribution in [-0.4, -0.2) is 31.1 Å². The molecule has 0 aliphatic carbocycles. The maximum Gasteiger partial charge on any atom is 0.176 e. The van der Waals surface area contributed by atoms with Crippen LogP contribution in [0.2, 0.25) is 0 Å². The molecule has 132 valence electrons. The van der Waals surface area contributed by atoms with Crippen LogP contribution in [0.25, 0.3) is 0 Å². The van der Waals surface area contributed by atoms with E-state index in [0.717, 1.165) is 19.4 Å². The lowest BCUT2D eigenvalue weighted by Crippen LogP contribution is -2.46. The van der Waals surface area contributed by atoms with Gasteiger partial charge in [-0.05, 0) is 30.5 Å². The highest BCUT2D eigenvalue weighted by Gasteiger charge is 2.44. The Morgan fingerprint density at radius 2 is 1.52 bits per heavy atom. The van der Waals surface area contributed by atoms with Crippen molar-refractivity contribution < 1.29 is 9.47 Å². The van der Waals surface area contributed by atoms with Crippen molar-refractivity contribution in [3.8, 4) is 0 Å². The van der Waals surface area contributed by atoms with Crippen LogP contribution in [0.3, 0.4) is 0 Å². The van der Waals surface area contributed by atoms with Crippen molar-refractivity contribution in [2.75, 3.05) is 13.2 Å². The maximum atomic E-state index is 6.61. The number of ether oxygens (including phenoxy) is 2. The molecule has 25 heavy (non-hydrogen) atoms. The molecule has 2 saturated heterocycles. The molecule has 2 fully saturated rings. The van der Waals surface area contributed by atoms with E-state index < -0.39 is 5.79 Å². The highest BCUT2D eigenvalue weighted by Crippen LogP contribution is 2.34. The highest BCUT2D eigenvalue weighted by atomic mass is 16.7. The second-order valence-electron chi connectivity index (χ2n) is 7.26. The fourth-order valence-corrected chi connectivity index (χ4v) is 4.03. The monoisotopic (exact) mass is 337 g/mol. The molecule has 4 rings (SSSR count). The number of piperidine rings is 1. The lowest BCUT2D eigenvalue weighted by molar-refractivity contribution is -0.169. The predicted molar refractivity (Wildman–Crippen MR) is 99.5 cm³/mol. The van der Waals surface area contributed by atoms with Gasteiger partial charge in [-0.25, -0.2) is 0 Å². The molecule has 1 N–H and O–H groups in total.